The second-order valence-corrected chi connectivity index (χ2v) is 5.44. The van der Waals surface area contributed by atoms with Gasteiger partial charge in [0.2, 0.25) is 5.95 Å². The molecule has 0 radical (unpaired) electrons. The van der Waals surface area contributed by atoms with Gasteiger partial charge in [-0.2, -0.15) is 15.0 Å². The van der Waals surface area contributed by atoms with Crippen LogP contribution >= 0.6 is 25.3 Å². The van der Waals surface area contributed by atoms with Gasteiger partial charge in [-0.1, -0.05) is 39.5 Å². The number of unbranched alkanes of at least 4 members (excludes halogenated alkanes) is 4. The molecule has 0 atom stereocenters. The van der Waals surface area contributed by atoms with Crippen LogP contribution in [0.5, 0.6) is 0 Å². The van der Waals surface area contributed by atoms with Crippen molar-refractivity contribution in [1.29, 1.82) is 0 Å². The summed E-state index contributed by atoms with van der Waals surface area (Å²) >= 11 is 8.40. The van der Waals surface area contributed by atoms with E-state index in [2.05, 4.69) is 59.0 Å². The fourth-order valence-corrected chi connectivity index (χ4v) is 2.35. The fourth-order valence-electron chi connectivity index (χ4n) is 1.90. The molecule has 0 spiro atoms. The van der Waals surface area contributed by atoms with Gasteiger partial charge in [0.15, 0.2) is 10.3 Å². The zero-order valence-electron chi connectivity index (χ0n) is 11.8. The number of thiol groups is 2. The van der Waals surface area contributed by atoms with Crippen molar-refractivity contribution >= 4 is 60.8 Å². The van der Waals surface area contributed by atoms with E-state index in [9.17, 15) is 0 Å². The summed E-state index contributed by atoms with van der Waals surface area (Å²) in [6, 6.07) is 0. The predicted octanol–water partition coefficient (Wildman–Crippen LogP) is 2.99. The molecule has 1 rings (SSSR count). The average molecular weight is 324 g/mol. The van der Waals surface area contributed by atoms with E-state index < -0.39 is 0 Å². The van der Waals surface area contributed by atoms with Crippen LogP contribution in [0, 0.1) is 0 Å². The molecule has 0 unspecified atom stereocenters. The molecule has 4 nitrogen and oxygen atoms in total. The van der Waals surface area contributed by atoms with Gasteiger partial charge in [0.25, 0.3) is 0 Å². The molecule has 1 heterocycles. The minimum absolute atomic E-state index is 0. The van der Waals surface area contributed by atoms with Crippen molar-refractivity contribution in [3.05, 3.63) is 0 Å². The van der Waals surface area contributed by atoms with Crippen molar-refractivity contribution in [2.24, 2.45) is 0 Å². The van der Waals surface area contributed by atoms with Crippen LogP contribution in [0.1, 0.15) is 52.4 Å². The van der Waals surface area contributed by atoms with E-state index in [1.807, 2.05) is 0 Å². The topological polar surface area (TPSA) is 41.9 Å². The van der Waals surface area contributed by atoms with E-state index in [4.69, 9.17) is 0 Å². The molecule has 0 fully saturated rings. The van der Waals surface area contributed by atoms with Crippen LogP contribution in [0.4, 0.5) is 5.95 Å². The van der Waals surface area contributed by atoms with Crippen molar-refractivity contribution in [1.82, 2.24) is 15.0 Å². The molecule has 0 bridgehead atoms. The predicted molar refractivity (Wildman–Crippen MR) is 92.7 cm³/mol. The van der Waals surface area contributed by atoms with Gasteiger partial charge in [0, 0.05) is 13.1 Å². The van der Waals surface area contributed by atoms with Gasteiger partial charge >= 0.3 is 29.6 Å². The average Bonchev–Trinajstić information content (AvgIpc) is 2.36. The Balaban J connectivity index is 0.00000361. The molecule has 110 valence electrons. The normalized spacial score (nSPS) is 10.2. The summed E-state index contributed by atoms with van der Waals surface area (Å²) in [5, 5.41) is 0.872. The van der Waals surface area contributed by atoms with Crippen molar-refractivity contribution in [2.75, 3.05) is 18.0 Å². The quantitative estimate of drug-likeness (QED) is 0.416. The summed E-state index contributed by atoms with van der Waals surface area (Å²) in [6.45, 7) is 6.40. The van der Waals surface area contributed by atoms with Gasteiger partial charge in [-0.3, -0.25) is 0 Å². The van der Waals surface area contributed by atoms with Crippen LogP contribution in [-0.4, -0.2) is 57.6 Å². The molecule has 0 saturated heterocycles. The molecule has 0 aliphatic carbocycles. The summed E-state index contributed by atoms with van der Waals surface area (Å²) in [7, 11) is 0. The summed E-state index contributed by atoms with van der Waals surface area (Å²) in [4.78, 5) is 14.8. The molecule has 20 heavy (non-hydrogen) atoms. The molecule has 0 saturated carbocycles. The number of aromatic nitrogens is 3. The molecular formula is C13H25N4NaS2. The first kappa shape index (κ1) is 20.5. The number of hydrogen-bond donors (Lipinski definition) is 2. The third-order valence-electron chi connectivity index (χ3n) is 2.95. The first-order valence-electron chi connectivity index (χ1n) is 7.06. The summed E-state index contributed by atoms with van der Waals surface area (Å²) in [5.74, 6) is 0.706. The van der Waals surface area contributed by atoms with E-state index in [-0.39, 0.29) is 29.6 Å². The Morgan fingerprint density at radius 3 is 1.65 bits per heavy atom. The first-order chi connectivity index (χ1) is 9.17. The summed E-state index contributed by atoms with van der Waals surface area (Å²) < 4.78 is 0. The molecule has 0 aliphatic rings. The zero-order chi connectivity index (χ0) is 14.1. The van der Waals surface area contributed by atoms with Crippen LogP contribution in [0.2, 0.25) is 0 Å². The van der Waals surface area contributed by atoms with Gasteiger partial charge in [0.1, 0.15) is 0 Å². The summed E-state index contributed by atoms with van der Waals surface area (Å²) in [5.41, 5.74) is 0. The molecule has 7 heteroatoms. The Kier molecular flexibility index (Phi) is 12.4. The molecule has 1 aromatic heterocycles. The first-order valence-corrected chi connectivity index (χ1v) is 7.95. The second kappa shape index (κ2) is 12.1. The van der Waals surface area contributed by atoms with Gasteiger partial charge in [0.05, 0.1) is 0 Å². The van der Waals surface area contributed by atoms with Gasteiger partial charge in [-0.15, -0.1) is 25.3 Å². The maximum absolute atomic E-state index is 4.31. The molecule has 0 N–H and O–H groups in total. The monoisotopic (exact) mass is 324 g/mol. The van der Waals surface area contributed by atoms with E-state index in [1.165, 1.54) is 25.7 Å². The van der Waals surface area contributed by atoms with Crippen molar-refractivity contribution in [3.8, 4) is 0 Å². The van der Waals surface area contributed by atoms with E-state index in [1.54, 1.807) is 0 Å². The zero-order valence-corrected chi connectivity index (χ0v) is 13.6. The van der Waals surface area contributed by atoms with Crippen LogP contribution < -0.4 is 4.90 Å². The van der Waals surface area contributed by atoms with E-state index in [0.29, 0.717) is 16.3 Å². The Labute approximate surface area is 155 Å². The maximum atomic E-state index is 4.31. The number of nitrogens with zero attached hydrogens (tertiary/aromatic N) is 4. The SMILES string of the molecule is CCCCCN(CCCCC)c1nc(S)nc(S)n1.[NaH]. The van der Waals surface area contributed by atoms with E-state index in [0.717, 1.165) is 25.9 Å². The number of rotatable bonds is 9. The molecule has 1 aromatic rings. The standard InChI is InChI=1S/C13H24N4S2.Na.H/c1-3-5-7-9-17(10-8-6-4-2)11-14-12(18)16-13(19)15-11;;/h3-10H2,1-2H3,(H2,14,15,16,18,19);;. The van der Waals surface area contributed by atoms with Gasteiger partial charge in [-0.05, 0) is 12.8 Å². The Hall–Kier alpha value is 0.510. The second-order valence-electron chi connectivity index (χ2n) is 4.64. The number of hydrogen-bond acceptors (Lipinski definition) is 6. The Morgan fingerprint density at radius 2 is 1.25 bits per heavy atom. The van der Waals surface area contributed by atoms with Crippen molar-refractivity contribution in [3.63, 3.8) is 0 Å². The minimum atomic E-state index is 0. The Morgan fingerprint density at radius 1 is 0.800 bits per heavy atom. The molecule has 0 amide bonds. The van der Waals surface area contributed by atoms with Crippen molar-refractivity contribution < 1.29 is 0 Å². The third kappa shape index (κ3) is 8.08. The van der Waals surface area contributed by atoms with Gasteiger partial charge < -0.3 is 4.90 Å². The van der Waals surface area contributed by atoms with Crippen LogP contribution in [0.15, 0.2) is 10.3 Å². The summed E-state index contributed by atoms with van der Waals surface area (Å²) in [6.07, 6.45) is 7.23. The van der Waals surface area contributed by atoms with Crippen molar-refractivity contribution in [2.45, 2.75) is 62.7 Å². The Bertz CT molecular complexity index is 349. The number of anilines is 1. The molecule has 0 aliphatic heterocycles. The fraction of sp³-hybridized carbons (Fsp3) is 0.769. The molecular weight excluding hydrogens is 299 g/mol. The van der Waals surface area contributed by atoms with Crippen LogP contribution in [0.3, 0.4) is 0 Å². The van der Waals surface area contributed by atoms with Gasteiger partial charge in [-0.25, -0.2) is 0 Å². The molecule has 0 aromatic carbocycles. The third-order valence-corrected chi connectivity index (χ3v) is 3.35. The van der Waals surface area contributed by atoms with Crippen LogP contribution in [-0.2, 0) is 0 Å². The van der Waals surface area contributed by atoms with E-state index >= 15 is 0 Å². The van der Waals surface area contributed by atoms with Crippen LogP contribution in [0.25, 0.3) is 0 Å².